The van der Waals surface area contributed by atoms with Gasteiger partial charge in [0.25, 0.3) is 5.91 Å². The number of nitrogens with one attached hydrogen (secondary N) is 1. The lowest BCUT2D eigenvalue weighted by Gasteiger charge is -2.06. The molecule has 114 valence electrons. The summed E-state index contributed by atoms with van der Waals surface area (Å²) in [5.41, 5.74) is -0.863. The van der Waals surface area contributed by atoms with Crippen LogP contribution in [0.15, 0.2) is 10.5 Å². The van der Waals surface area contributed by atoms with Crippen molar-refractivity contribution >= 4 is 11.7 Å². The monoisotopic (exact) mass is 301 g/mol. The molecule has 0 aliphatic heterocycles. The molecule has 0 aromatic carbocycles. The molecule has 1 N–H and O–H groups in total. The predicted octanol–water partition coefficient (Wildman–Crippen LogP) is 3.21. The standard InChI is InChI=1S/C13H14F3N3O2/c1-6-5-9(8(3)21-6)12(20)17-11-7(2)10(13(14,15)16)18-19(11)4/h5H,1-4H3,(H,17,20). The van der Waals surface area contributed by atoms with Gasteiger partial charge in [-0.15, -0.1) is 0 Å². The smallest absolute Gasteiger partial charge is 0.435 e. The first kappa shape index (κ1) is 15.1. The molecule has 0 bridgehead atoms. The van der Waals surface area contributed by atoms with Crippen LogP contribution in [0.2, 0.25) is 0 Å². The molecule has 21 heavy (non-hydrogen) atoms. The maximum atomic E-state index is 12.8. The molecule has 0 aliphatic carbocycles. The van der Waals surface area contributed by atoms with Crippen LogP contribution in [-0.4, -0.2) is 15.7 Å². The fourth-order valence-corrected chi connectivity index (χ4v) is 2.10. The Bertz CT molecular complexity index is 698. The Kier molecular flexibility index (Phi) is 3.56. The Morgan fingerprint density at radius 3 is 2.38 bits per heavy atom. The van der Waals surface area contributed by atoms with Gasteiger partial charge in [0.2, 0.25) is 0 Å². The first-order valence-corrected chi connectivity index (χ1v) is 6.10. The van der Waals surface area contributed by atoms with Crippen LogP contribution in [0.4, 0.5) is 19.0 Å². The number of hydrogen-bond donors (Lipinski definition) is 1. The van der Waals surface area contributed by atoms with Crippen molar-refractivity contribution in [2.45, 2.75) is 26.9 Å². The third-order valence-corrected chi connectivity index (χ3v) is 3.07. The number of carbonyl (C=O) groups is 1. The third kappa shape index (κ3) is 2.79. The SMILES string of the molecule is Cc1cc(C(=O)Nc2c(C)c(C(F)(F)F)nn2C)c(C)o1. The van der Waals surface area contributed by atoms with E-state index in [1.165, 1.54) is 20.0 Å². The molecule has 0 atom stereocenters. The lowest BCUT2D eigenvalue weighted by atomic mass is 10.2. The van der Waals surface area contributed by atoms with Gasteiger partial charge in [0.15, 0.2) is 5.69 Å². The van der Waals surface area contributed by atoms with Gasteiger partial charge in [0.05, 0.1) is 5.56 Å². The molecule has 5 nitrogen and oxygen atoms in total. The number of carbonyl (C=O) groups excluding carboxylic acids is 1. The number of amides is 1. The number of rotatable bonds is 2. The van der Waals surface area contributed by atoms with Gasteiger partial charge >= 0.3 is 6.18 Å². The van der Waals surface area contributed by atoms with E-state index in [9.17, 15) is 18.0 Å². The number of anilines is 1. The van der Waals surface area contributed by atoms with Crippen molar-refractivity contribution in [2.75, 3.05) is 5.32 Å². The minimum absolute atomic E-state index is 0.00516. The molecule has 2 aromatic rings. The number of hydrogen-bond acceptors (Lipinski definition) is 3. The summed E-state index contributed by atoms with van der Waals surface area (Å²) in [4.78, 5) is 12.1. The molecule has 1 amide bonds. The first-order chi connectivity index (χ1) is 9.61. The molecule has 2 rings (SSSR count). The summed E-state index contributed by atoms with van der Waals surface area (Å²) in [5, 5.41) is 5.85. The quantitative estimate of drug-likeness (QED) is 0.926. The van der Waals surface area contributed by atoms with Crippen molar-refractivity contribution in [1.82, 2.24) is 9.78 Å². The molecule has 2 aromatic heterocycles. The lowest BCUT2D eigenvalue weighted by Crippen LogP contribution is -2.15. The second kappa shape index (κ2) is 4.94. The fourth-order valence-electron chi connectivity index (χ4n) is 2.10. The third-order valence-electron chi connectivity index (χ3n) is 3.07. The average molecular weight is 301 g/mol. The summed E-state index contributed by atoms with van der Waals surface area (Å²) >= 11 is 0. The molecule has 0 saturated carbocycles. The van der Waals surface area contributed by atoms with Gasteiger partial charge in [-0.3, -0.25) is 9.48 Å². The zero-order valence-electron chi connectivity index (χ0n) is 11.9. The highest BCUT2D eigenvalue weighted by molar-refractivity contribution is 6.05. The molecular weight excluding hydrogens is 287 g/mol. The predicted molar refractivity (Wildman–Crippen MR) is 69.1 cm³/mol. The van der Waals surface area contributed by atoms with Gasteiger partial charge < -0.3 is 9.73 Å². The van der Waals surface area contributed by atoms with Crippen molar-refractivity contribution < 1.29 is 22.4 Å². The number of alkyl halides is 3. The van der Waals surface area contributed by atoms with Crippen molar-refractivity contribution in [3.05, 3.63) is 34.4 Å². The maximum absolute atomic E-state index is 12.8. The molecule has 0 saturated heterocycles. The molecule has 0 spiro atoms. The van der Waals surface area contributed by atoms with E-state index in [-0.39, 0.29) is 16.9 Å². The van der Waals surface area contributed by atoms with Crippen molar-refractivity contribution in [3.8, 4) is 0 Å². The zero-order valence-corrected chi connectivity index (χ0v) is 11.9. The summed E-state index contributed by atoms with van der Waals surface area (Å²) in [5.74, 6) is 0.422. The summed E-state index contributed by atoms with van der Waals surface area (Å²) in [7, 11) is 1.34. The van der Waals surface area contributed by atoms with E-state index in [1.807, 2.05) is 0 Å². The van der Waals surface area contributed by atoms with E-state index in [4.69, 9.17) is 4.42 Å². The molecule has 0 fully saturated rings. The average Bonchev–Trinajstić information content (AvgIpc) is 2.82. The van der Waals surface area contributed by atoms with Crippen LogP contribution in [0, 0.1) is 20.8 Å². The first-order valence-electron chi connectivity index (χ1n) is 6.10. The van der Waals surface area contributed by atoms with E-state index in [2.05, 4.69) is 10.4 Å². The van der Waals surface area contributed by atoms with Crippen LogP contribution < -0.4 is 5.32 Å². The lowest BCUT2D eigenvalue weighted by molar-refractivity contribution is -0.141. The second-order valence-corrected chi connectivity index (χ2v) is 4.72. The van der Waals surface area contributed by atoms with Crippen LogP contribution in [0.5, 0.6) is 0 Å². The van der Waals surface area contributed by atoms with E-state index < -0.39 is 17.8 Å². The summed E-state index contributed by atoms with van der Waals surface area (Å²) < 4.78 is 44.5. The molecule has 0 radical (unpaired) electrons. The number of aromatic nitrogens is 2. The fraction of sp³-hybridized carbons (Fsp3) is 0.385. The number of nitrogens with zero attached hydrogens (tertiary/aromatic N) is 2. The topological polar surface area (TPSA) is 60.1 Å². The molecule has 0 aliphatic rings. The van der Waals surface area contributed by atoms with Gasteiger partial charge in [0, 0.05) is 12.6 Å². The number of furan rings is 1. The van der Waals surface area contributed by atoms with E-state index in [0.29, 0.717) is 11.5 Å². The van der Waals surface area contributed by atoms with Crippen LogP contribution in [0.1, 0.15) is 33.1 Å². The van der Waals surface area contributed by atoms with Crippen LogP contribution in [0.3, 0.4) is 0 Å². The maximum Gasteiger partial charge on any atom is 0.435 e. The van der Waals surface area contributed by atoms with E-state index in [1.54, 1.807) is 13.8 Å². The Labute approximate surface area is 118 Å². The normalized spacial score (nSPS) is 11.8. The Balaban J connectivity index is 2.34. The van der Waals surface area contributed by atoms with Gasteiger partial charge in [-0.05, 0) is 26.8 Å². The van der Waals surface area contributed by atoms with Crippen LogP contribution in [0.25, 0.3) is 0 Å². The molecule has 0 unspecified atom stereocenters. The van der Waals surface area contributed by atoms with Crippen LogP contribution >= 0.6 is 0 Å². The van der Waals surface area contributed by atoms with E-state index in [0.717, 1.165) is 4.68 Å². The van der Waals surface area contributed by atoms with Crippen molar-refractivity contribution in [1.29, 1.82) is 0 Å². The summed E-state index contributed by atoms with van der Waals surface area (Å²) in [6, 6.07) is 1.53. The largest absolute Gasteiger partial charge is 0.466 e. The van der Waals surface area contributed by atoms with E-state index >= 15 is 0 Å². The van der Waals surface area contributed by atoms with Gasteiger partial charge in [-0.1, -0.05) is 0 Å². The minimum Gasteiger partial charge on any atom is -0.466 e. The van der Waals surface area contributed by atoms with Crippen molar-refractivity contribution in [3.63, 3.8) is 0 Å². The molecule has 2 heterocycles. The Hall–Kier alpha value is -2.25. The number of halogens is 3. The van der Waals surface area contributed by atoms with Gasteiger partial charge in [0.1, 0.15) is 17.3 Å². The summed E-state index contributed by atoms with van der Waals surface area (Å²) in [6.45, 7) is 4.55. The minimum atomic E-state index is -4.56. The molecule has 8 heteroatoms. The van der Waals surface area contributed by atoms with Gasteiger partial charge in [-0.25, -0.2) is 0 Å². The summed E-state index contributed by atoms with van der Waals surface area (Å²) in [6.07, 6.45) is -4.56. The van der Waals surface area contributed by atoms with Crippen molar-refractivity contribution in [2.24, 2.45) is 7.05 Å². The highest BCUT2D eigenvalue weighted by Crippen LogP contribution is 2.33. The second-order valence-electron chi connectivity index (χ2n) is 4.72. The Morgan fingerprint density at radius 2 is 1.95 bits per heavy atom. The Morgan fingerprint density at radius 1 is 1.33 bits per heavy atom. The van der Waals surface area contributed by atoms with Gasteiger partial charge in [-0.2, -0.15) is 18.3 Å². The number of aryl methyl sites for hydroxylation is 3. The van der Waals surface area contributed by atoms with Crippen LogP contribution in [-0.2, 0) is 13.2 Å². The zero-order chi connectivity index (χ0) is 15.9. The highest BCUT2D eigenvalue weighted by Gasteiger charge is 2.37. The highest BCUT2D eigenvalue weighted by atomic mass is 19.4. The molecular formula is C13H14F3N3O2.